The number of aromatic nitrogens is 3. The summed E-state index contributed by atoms with van der Waals surface area (Å²) < 4.78 is 0. The molecule has 3 heterocycles. The molecular weight excluding hydrogens is 370 g/mol. The van der Waals surface area contributed by atoms with Crippen molar-refractivity contribution in [1.82, 2.24) is 15.0 Å². The third-order valence-corrected chi connectivity index (χ3v) is 2.60. The molecule has 0 saturated carbocycles. The average molecular weight is 381 g/mol. The van der Waals surface area contributed by atoms with Crippen LogP contribution in [0.3, 0.4) is 0 Å². The van der Waals surface area contributed by atoms with Crippen LogP contribution in [-0.4, -0.2) is 15.0 Å². The van der Waals surface area contributed by atoms with Gasteiger partial charge >= 0.3 is 17.1 Å². The van der Waals surface area contributed by atoms with Gasteiger partial charge in [0.25, 0.3) is 0 Å². The van der Waals surface area contributed by atoms with Gasteiger partial charge in [-0.3, -0.25) is 19.8 Å². The smallest absolute Gasteiger partial charge is 0.373 e. The van der Waals surface area contributed by atoms with Crippen molar-refractivity contribution in [2.45, 2.75) is 0 Å². The molecule has 0 aliphatic carbocycles. The average Bonchev–Trinajstić information content (AvgIpc) is 2.65. The Morgan fingerprint density at radius 3 is 1.24 bits per heavy atom. The zero-order valence-electron chi connectivity index (χ0n) is 12.7. The molecule has 3 aromatic rings. The molecule has 0 aromatic carbocycles. The second-order valence-electron chi connectivity index (χ2n) is 4.02. The van der Waals surface area contributed by atoms with Crippen LogP contribution in [0.1, 0.15) is 0 Å². The molecule has 10 heteroatoms. The molecule has 3 aromatic heterocycles. The zero-order valence-corrected chi connectivity index (χ0v) is 13.6. The third kappa shape index (κ3) is 7.60. The van der Waals surface area contributed by atoms with Gasteiger partial charge in [0.15, 0.2) is 0 Å². The molecule has 0 aliphatic rings. The molecule has 127 valence electrons. The van der Waals surface area contributed by atoms with Crippen LogP contribution in [0.4, 0.5) is 0 Å². The van der Waals surface area contributed by atoms with Gasteiger partial charge in [-0.2, -0.15) is 0 Å². The van der Waals surface area contributed by atoms with Crippen LogP contribution in [0.5, 0.6) is 0 Å². The van der Waals surface area contributed by atoms with E-state index in [4.69, 9.17) is 22.1 Å². The minimum Gasteiger partial charge on any atom is -0.373 e. The normalized spacial score (nSPS) is 8.00. The van der Waals surface area contributed by atoms with Crippen LogP contribution >= 0.6 is 0 Å². The third-order valence-electron chi connectivity index (χ3n) is 2.60. The Kier molecular flexibility index (Phi) is 11.3. The first kappa shape index (κ1) is 21.6. The molecule has 0 spiro atoms. The van der Waals surface area contributed by atoms with Crippen molar-refractivity contribution in [3.05, 3.63) is 98.9 Å². The van der Waals surface area contributed by atoms with E-state index >= 15 is 0 Å². The monoisotopic (exact) mass is 380 g/mol. The Balaban J connectivity index is 0.000000729. The van der Waals surface area contributed by atoms with Crippen molar-refractivity contribution in [2.75, 3.05) is 0 Å². The molecule has 0 amide bonds. The fourth-order valence-corrected chi connectivity index (χ4v) is 1.75. The van der Waals surface area contributed by atoms with Gasteiger partial charge < -0.3 is 22.1 Å². The molecule has 0 bridgehead atoms. The van der Waals surface area contributed by atoms with E-state index in [1.54, 1.807) is 12.4 Å². The molecular formula is C15H11CuN9. The summed E-state index contributed by atoms with van der Waals surface area (Å²) >= 11 is 0. The predicted octanol–water partition coefficient (Wildman–Crippen LogP) is 4.94. The van der Waals surface area contributed by atoms with Crippen LogP contribution in [0, 0.1) is 0 Å². The van der Waals surface area contributed by atoms with Gasteiger partial charge in [0.05, 0.1) is 22.8 Å². The first-order chi connectivity index (χ1) is 11.8. The van der Waals surface area contributed by atoms with E-state index in [-0.39, 0.29) is 17.1 Å². The second-order valence-corrected chi connectivity index (χ2v) is 4.02. The molecule has 25 heavy (non-hydrogen) atoms. The van der Waals surface area contributed by atoms with Gasteiger partial charge in [0.1, 0.15) is 0 Å². The van der Waals surface area contributed by atoms with Gasteiger partial charge in [-0.05, 0) is 36.4 Å². The zero-order chi connectivity index (χ0) is 17.6. The number of pyridine rings is 3. The van der Waals surface area contributed by atoms with E-state index in [9.17, 15) is 0 Å². The van der Waals surface area contributed by atoms with Gasteiger partial charge in [0.2, 0.25) is 0 Å². The largest absolute Gasteiger partial charge is 2.00 e. The van der Waals surface area contributed by atoms with Gasteiger partial charge in [-0.25, -0.2) is 4.98 Å². The predicted molar refractivity (Wildman–Crippen MR) is 90.9 cm³/mol. The van der Waals surface area contributed by atoms with Crippen LogP contribution in [0.15, 0.2) is 67.0 Å². The Morgan fingerprint density at radius 2 is 0.920 bits per heavy atom. The topological polar surface area (TPSA) is 156 Å². The summed E-state index contributed by atoms with van der Waals surface area (Å²) in [5.74, 6) is 0. The minimum absolute atomic E-state index is 0. The van der Waals surface area contributed by atoms with Crippen LogP contribution < -0.4 is 0 Å². The van der Waals surface area contributed by atoms with E-state index in [1.807, 2.05) is 54.6 Å². The Labute approximate surface area is 154 Å². The Morgan fingerprint density at radius 1 is 0.560 bits per heavy atom. The maximum absolute atomic E-state index is 6.75. The molecule has 0 atom stereocenters. The Hall–Kier alpha value is -3.41. The van der Waals surface area contributed by atoms with Crippen molar-refractivity contribution in [3.63, 3.8) is 0 Å². The summed E-state index contributed by atoms with van der Waals surface area (Å²) in [5, 5.41) is 0. The summed E-state index contributed by atoms with van der Waals surface area (Å²) in [5.41, 5.74) is 30.5. The summed E-state index contributed by atoms with van der Waals surface area (Å²) in [6.45, 7) is 0. The quantitative estimate of drug-likeness (QED) is 0.267. The van der Waals surface area contributed by atoms with E-state index < -0.39 is 0 Å². The maximum Gasteiger partial charge on any atom is 2.00 e. The maximum atomic E-state index is 6.75. The standard InChI is InChI=1S/C15H11N3.Cu.2N3/c1-3-10-16-12(6-1)14-8-5-9-15(18-14)13-7-2-4-11-17-13;;2*1-3-2/h1-11H;;;/q;+2;2*-1. The van der Waals surface area contributed by atoms with Crippen molar-refractivity contribution in [2.24, 2.45) is 0 Å². The van der Waals surface area contributed by atoms with Crippen molar-refractivity contribution in [3.8, 4) is 22.8 Å². The van der Waals surface area contributed by atoms with Gasteiger partial charge in [-0.1, -0.05) is 18.2 Å². The van der Waals surface area contributed by atoms with Gasteiger partial charge in [-0.15, -0.1) is 0 Å². The first-order valence-electron chi connectivity index (χ1n) is 6.53. The number of nitrogens with zero attached hydrogens (tertiary/aromatic N) is 9. The van der Waals surface area contributed by atoms with Crippen molar-refractivity contribution >= 4 is 0 Å². The SMILES string of the molecule is [Cu+2].[N-]=[N+]=[N-].[N-]=[N+]=[N-].c1ccc(-c2cccc(-c3ccccn3)n2)nc1. The molecule has 0 aliphatic heterocycles. The van der Waals surface area contributed by atoms with Gasteiger partial charge in [0, 0.05) is 12.4 Å². The summed E-state index contributed by atoms with van der Waals surface area (Å²) in [7, 11) is 0. The fraction of sp³-hybridized carbons (Fsp3) is 0. The summed E-state index contributed by atoms with van der Waals surface area (Å²) in [6, 6.07) is 17.5. The van der Waals surface area contributed by atoms with Crippen LogP contribution in [0.2, 0.25) is 0 Å². The van der Waals surface area contributed by atoms with Crippen LogP contribution in [0.25, 0.3) is 54.7 Å². The van der Waals surface area contributed by atoms with Crippen molar-refractivity contribution < 1.29 is 17.1 Å². The molecule has 9 nitrogen and oxygen atoms in total. The first-order valence-corrected chi connectivity index (χ1v) is 6.53. The van der Waals surface area contributed by atoms with Crippen LogP contribution in [-0.2, 0) is 17.1 Å². The van der Waals surface area contributed by atoms with E-state index in [0.29, 0.717) is 0 Å². The molecule has 0 unspecified atom stereocenters. The minimum atomic E-state index is 0. The number of hydrogen-bond acceptors (Lipinski definition) is 3. The van der Waals surface area contributed by atoms with E-state index in [0.717, 1.165) is 22.8 Å². The molecule has 0 fully saturated rings. The Bertz CT molecular complexity index is 746. The van der Waals surface area contributed by atoms with E-state index in [1.165, 1.54) is 9.82 Å². The summed E-state index contributed by atoms with van der Waals surface area (Å²) in [6.07, 6.45) is 3.54. The fourth-order valence-electron chi connectivity index (χ4n) is 1.75. The second kappa shape index (κ2) is 13.1. The molecule has 0 saturated heterocycles. The number of rotatable bonds is 2. The van der Waals surface area contributed by atoms with E-state index in [2.05, 4.69) is 15.0 Å². The molecule has 0 N–H and O–H groups in total. The van der Waals surface area contributed by atoms with Crippen molar-refractivity contribution in [1.29, 1.82) is 0 Å². The molecule has 1 radical (unpaired) electrons. The number of hydrogen-bond donors (Lipinski definition) is 0. The summed E-state index contributed by atoms with van der Waals surface area (Å²) in [4.78, 5) is 16.2. The molecule has 3 rings (SSSR count).